The Hall–Kier alpha value is -3.72. The van der Waals surface area contributed by atoms with Gasteiger partial charge in [-0.3, -0.25) is 19.8 Å². The smallest absolute Gasteiger partial charge is 0.270 e. The molecule has 1 aliphatic heterocycles. The van der Waals surface area contributed by atoms with Crippen molar-refractivity contribution in [1.82, 2.24) is 4.72 Å². The van der Waals surface area contributed by atoms with E-state index < -0.39 is 21.0 Å². The molecule has 4 rings (SSSR count). The highest BCUT2D eigenvalue weighted by molar-refractivity contribution is 7.90. The van der Waals surface area contributed by atoms with Crippen LogP contribution in [0.1, 0.15) is 22.7 Å². The van der Waals surface area contributed by atoms with Crippen LogP contribution in [0.3, 0.4) is 0 Å². The van der Waals surface area contributed by atoms with Crippen molar-refractivity contribution in [2.45, 2.75) is 10.9 Å². The molecule has 0 fully saturated rings. The maximum atomic E-state index is 12.5. The molecule has 1 aliphatic rings. The molecule has 0 radical (unpaired) electrons. The molecule has 3 aromatic rings. The zero-order valence-corrected chi connectivity index (χ0v) is 16.7. The number of benzene rings is 3. The maximum Gasteiger partial charge on any atom is 0.270 e. The van der Waals surface area contributed by atoms with Gasteiger partial charge in [-0.15, -0.1) is 0 Å². The summed E-state index contributed by atoms with van der Waals surface area (Å²) in [6.45, 7) is 0. The van der Waals surface area contributed by atoms with E-state index >= 15 is 0 Å². The van der Waals surface area contributed by atoms with E-state index in [4.69, 9.17) is 9.73 Å². The van der Waals surface area contributed by atoms with Gasteiger partial charge in [-0.1, -0.05) is 42.5 Å². The standard InChI is InChI=1S/C21H17N3O5S/c1-29-17-10-7-15(8-11-17)20(14-5-3-2-4-6-14)22-21-18-12-9-16(24(25)26)13-19(18)30(27,28)23-21/h2-13,20H,1H3,(H,22,23)/t20-/m0/s1. The Morgan fingerprint density at radius 2 is 1.67 bits per heavy atom. The number of aliphatic imine (C=N–C) groups is 1. The summed E-state index contributed by atoms with van der Waals surface area (Å²) in [6.07, 6.45) is 0. The number of amidine groups is 1. The number of nitro benzene ring substituents is 1. The van der Waals surface area contributed by atoms with Gasteiger partial charge >= 0.3 is 0 Å². The molecule has 0 spiro atoms. The van der Waals surface area contributed by atoms with Crippen molar-refractivity contribution < 1.29 is 18.1 Å². The molecule has 0 amide bonds. The van der Waals surface area contributed by atoms with Crippen molar-refractivity contribution in [3.05, 3.63) is 99.6 Å². The summed E-state index contributed by atoms with van der Waals surface area (Å²) < 4.78 is 32.7. The summed E-state index contributed by atoms with van der Waals surface area (Å²) >= 11 is 0. The van der Waals surface area contributed by atoms with Gasteiger partial charge in [-0.25, -0.2) is 8.42 Å². The van der Waals surface area contributed by atoms with Crippen molar-refractivity contribution in [3.63, 3.8) is 0 Å². The van der Waals surface area contributed by atoms with Crippen molar-refractivity contribution in [1.29, 1.82) is 0 Å². The van der Waals surface area contributed by atoms with Crippen LogP contribution in [0, 0.1) is 10.1 Å². The number of non-ortho nitro benzene ring substituents is 1. The first-order chi connectivity index (χ1) is 14.4. The molecule has 1 atom stereocenters. The molecule has 0 aliphatic carbocycles. The maximum absolute atomic E-state index is 12.5. The Kier molecular flexibility index (Phi) is 4.96. The molecule has 9 heteroatoms. The minimum absolute atomic E-state index is 0.143. The van der Waals surface area contributed by atoms with Gasteiger partial charge in [-0.2, -0.15) is 0 Å². The second-order valence-corrected chi connectivity index (χ2v) is 8.26. The molecule has 1 N–H and O–H groups in total. The van der Waals surface area contributed by atoms with Crippen molar-refractivity contribution in [2.75, 3.05) is 7.11 Å². The van der Waals surface area contributed by atoms with Gasteiger partial charge in [0, 0.05) is 17.7 Å². The Labute approximate surface area is 173 Å². The number of rotatable bonds is 5. The second kappa shape index (κ2) is 7.60. The van der Waals surface area contributed by atoms with Crippen molar-refractivity contribution in [2.24, 2.45) is 4.99 Å². The van der Waals surface area contributed by atoms with E-state index in [1.165, 1.54) is 12.1 Å². The second-order valence-electron chi connectivity index (χ2n) is 6.61. The molecule has 0 saturated carbocycles. The number of hydrogen-bond acceptors (Lipinski definition) is 6. The first-order valence-electron chi connectivity index (χ1n) is 8.97. The summed E-state index contributed by atoms with van der Waals surface area (Å²) in [4.78, 5) is 15.0. The van der Waals surface area contributed by atoms with Crippen molar-refractivity contribution >= 4 is 21.5 Å². The molecule has 3 aromatic carbocycles. The van der Waals surface area contributed by atoms with Gasteiger partial charge in [0.05, 0.1) is 12.0 Å². The summed E-state index contributed by atoms with van der Waals surface area (Å²) in [5.74, 6) is 0.835. The molecule has 0 saturated heterocycles. The Morgan fingerprint density at radius 3 is 2.30 bits per heavy atom. The normalized spacial score (nSPS) is 16.5. The van der Waals surface area contributed by atoms with E-state index in [1.54, 1.807) is 7.11 Å². The highest BCUT2D eigenvalue weighted by Gasteiger charge is 2.33. The number of nitro groups is 1. The van der Waals surface area contributed by atoms with Crippen LogP contribution in [0.25, 0.3) is 0 Å². The third-order valence-electron chi connectivity index (χ3n) is 4.76. The van der Waals surface area contributed by atoms with Gasteiger partial charge in [0.25, 0.3) is 15.7 Å². The van der Waals surface area contributed by atoms with E-state index in [2.05, 4.69) is 4.72 Å². The summed E-state index contributed by atoms with van der Waals surface area (Å²) in [5, 5.41) is 11.0. The quantitative estimate of drug-likeness (QED) is 0.499. The number of methoxy groups -OCH3 is 1. The molecular formula is C21H17N3O5S. The number of sulfonamides is 1. The van der Waals surface area contributed by atoms with E-state index in [9.17, 15) is 18.5 Å². The lowest BCUT2D eigenvalue weighted by Gasteiger charge is -2.15. The largest absolute Gasteiger partial charge is 0.497 e. The number of nitrogens with zero attached hydrogens (tertiary/aromatic N) is 2. The fourth-order valence-corrected chi connectivity index (χ4v) is 4.53. The molecule has 152 valence electrons. The zero-order valence-electron chi connectivity index (χ0n) is 15.8. The minimum atomic E-state index is -3.94. The van der Waals surface area contributed by atoms with Crippen LogP contribution in [-0.4, -0.2) is 26.3 Å². The molecular weight excluding hydrogens is 406 g/mol. The summed E-state index contributed by atoms with van der Waals surface area (Å²) in [7, 11) is -2.36. The number of nitrogens with one attached hydrogen (secondary N) is 1. The lowest BCUT2D eigenvalue weighted by molar-refractivity contribution is -0.385. The number of fused-ring (bicyclic) bond motifs is 1. The molecule has 1 heterocycles. The SMILES string of the molecule is COc1ccc([C@@H](N=C2NS(=O)(=O)c3cc([N+](=O)[O-])ccc32)c2ccccc2)cc1. The summed E-state index contributed by atoms with van der Waals surface area (Å²) in [6, 6.07) is 20.0. The first-order valence-corrected chi connectivity index (χ1v) is 10.5. The fourth-order valence-electron chi connectivity index (χ4n) is 3.27. The van der Waals surface area contributed by atoms with Gasteiger partial charge < -0.3 is 4.74 Å². The average molecular weight is 423 g/mol. The predicted molar refractivity (Wildman–Crippen MR) is 111 cm³/mol. The third kappa shape index (κ3) is 3.62. The van der Waals surface area contributed by atoms with E-state index in [0.717, 1.165) is 17.2 Å². The average Bonchev–Trinajstić information content (AvgIpc) is 3.02. The minimum Gasteiger partial charge on any atom is -0.497 e. The van der Waals surface area contributed by atoms with Crippen LogP contribution in [0.5, 0.6) is 5.75 Å². The van der Waals surface area contributed by atoms with E-state index in [-0.39, 0.29) is 16.4 Å². The van der Waals surface area contributed by atoms with Crippen LogP contribution in [0.4, 0.5) is 5.69 Å². The predicted octanol–water partition coefficient (Wildman–Crippen LogP) is 3.43. The molecule has 30 heavy (non-hydrogen) atoms. The Bertz CT molecular complexity index is 1240. The highest BCUT2D eigenvalue weighted by atomic mass is 32.2. The topological polar surface area (TPSA) is 111 Å². The lowest BCUT2D eigenvalue weighted by atomic mass is 9.99. The number of ether oxygens (including phenoxy) is 1. The van der Waals surface area contributed by atoms with Crippen LogP contribution in [0.2, 0.25) is 0 Å². The zero-order chi connectivity index (χ0) is 21.3. The fraction of sp³-hybridized carbons (Fsp3) is 0.0952. The molecule has 0 bridgehead atoms. The van der Waals surface area contributed by atoms with Gasteiger partial charge in [-0.05, 0) is 29.3 Å². The molecule has 0 unspecified atom stereocenters. The Balaban J connectivity index is 1.84. The van der Waals surface area contributed by atoms with Gasteiger partial charge in [0.2, 0.25) is 0 Å². The highest BCUT2D eigenvalue weighted by Crippen LogP contribution is 2.32. The molecule has 8 nitrogen and oxygen atoms in total. The van der Waals surface area contributed by atoms with E-state index in [1.807, 2.05) is 54.6 Å². The monoisotopic (exact) mass is 423 g/mol. The lowest BCUT2D eigenvalue weighted by Crippen LogP contribution is -2.23. The van der Waals surface area contributed by atoms with Crippen LogP contribution in [-0.2, 0) is 10.0 Å². The third-order valence-corrected chi connectivity index (χ3v) is 6.14. The van der Waals surface area contributed by atoms with Crippen LogP contribution < -0.4 is 9.46 Å². The Morgan fingerprint density at radius 1 is 1.00 bits per heavy atom. The number of hydrogen-bond donors (Lipinski definition) is 1. The summed E-state index contributed by atoms with van der Waals surface area (Å²) in [5.41, 5.74) is 1.71. The van der Waals surface area contributed by atoms with Gasteiger partial charge in [0.15, 0.2) is 0 Å². The van der Waals surface area contributed by atoms with Gasteiger partial charge in [0.1, 0.15) is 22.5 Å². The van der Waals surface area contributed by atoms with Crippen molar-refractivity contribution in [3.8, 4) is 5.75 Å². The van der Waals surface area contributed by atoms with Crippen LogP contribution >= 0.6 is 0 Å². The molecule has 0 aromatic heterocycles. The van der Waals surface area contributed by atoms with Crippen LogP contribution in [0.15, 0.2) is 82.7 Å². The first kappa shape index (κ1) is 19.6. The van der Waals surface area contributed by atoms with E-state index in [0.29, 0.717) is 11.3 Å².